The molecule has 0 bridgehead atoms. The zero-order valence-electron chi connectivity index (χ0n) is 9.36. The molecule has 3 N–H and O–H groups in total. The Labute approximate surface area is 86.1 Å². The Morgan fingerprint density at radius 3 is 2.57 bits per heavy atom. The van der Waals surface area contributed by atoms with E-state index >= 15 is 0 Å². The van der Waals surface area contributed by atoms with Crippen molar-refractivity contribution in [2.75, 3.05) is 6.61 Å². The van der Waals surface area contributed by atoms with E-state index in [1.165, 1.54) is 0 Å². The summed E-state index contributed by atoms with van der Waals surface area (Å²) in [5.41, 5.74) is 5.46. The SMILES string of the molecule is CCCC(C)COC(CC)C(N)=NO. The first kappa shape index (κ1) is 13.2. The van der Waals surface area contributed by atoms with Crippen molar-refractivity contribution in [3.8, 4) is 0 Å². The van der Waals surface area contributed by atoms with Crippen molar-refractivity contribution in [2.45, 2.75) is 46.1 Å². The van der Waals surface area contributed by atoms with Crippen molar-refractivity contribution in [3.63, 3.8) is 0 Å². The zero-order valence-corrected chi connectivity index (χ0v) is 9.36. The third-order valence-corrected chi connectivity index (χ3v) is 2.18. The number of rotatable bonds is 7. The predicted octanol–water partition coefficient (Wildman–Crippen LogP) is 1.96. The van der Waals surface area contributed by atoms with Gasteiger partial charge in [-0.25, -0.2) is 0 Å². The average Bonchev–Trinajstić information content (AvgIpc) is 2.18. The Morgan fingerprint density at radius 2 is 2.14 bits per heavy atom. The van der Waals surface area contributed by atoms with Gasteiger partial charge in [0, 0.05) is 0 Å². The normalized spacial score (nSPS) is 16.6. The van der Waals surface area contributed by atoms with E-state index in [1.807, 2.05) is 6.92 Å². The fourth-order valence-corrected chi connectivity index (χ4v) is 1.33. The van der Waals surface area contributed by atoms with E-state index in [0.717, 1.165) is 19.3 Å². The molecule has 0 aliphatic heterocycles. The molecule has 0 rings (SSSR count). The van der Waals surface area contributed by atoms with Crippen LogP contribution < -0.4 is 5.73 Å². The van der Waals surface area contributed by atoms with Gasteiger partial charge in [0.05, 0.1) is 6.61 Å². The molecule has 0 aromatic carbocycles. The minimum Gasteiger partial charge on any atom is -0.409 e. The second-order valence-electron chi connectivity index (χ2n) is 3.65. The maximum absolute atomic E-state index is 8.49. The van der Waals surface area contributed by atoms with Crippen molar-refractivity contribution >= 4 is 5.84 Å². The van der Waals surface area contributed by atoms with Crippen LogP contribution in [0.25, 0.3) is 0 Å². The molecule has 14 heavy (non-hydrogen) atoms. The van der Waals surface area contributed by atoms with Crippen LogP contribution in [0, 0.1) is 5.92 Å². The molecule has 0 aromatic heterocycles. The van der Waals surface area contributed by atoms with Gasteiger partial charge in [-0.2, -0.15) is 0 Å². The summed E-state index contributed by atoms with van der Waals surface area (Å²) in [6.07, 6.45) is 2.78. The van der Waals surface area contributed by atoms with Gasteiger partial charge in [-0.05, 0) is 18.8 Å². The highest BCUT2D eigenvalue weighted by Gasteiger charge is 2.13. The lowest BCUT2D eigenvalue weighted by molar-refractivity contribution is 0.0652. The Balaban J connectivity index is 3.84. The van der Waals surface area contributed by atoms with Gasteiger partial charge in [0.15, 0.2) is 5.84 Å². The molecule has 0 saturated carbocycles. The van der Waals surface area contributed by atoms with Crippen LogP contribution in [0.15, 0.2) is 5.16 Å². The highest BCUT2D eigenvalue weighted by atomic mass is 16.5. The molecule has 0 fully saturated rings. The van der Waals surface area contributed by atoms with E-state index < -0.39 is 0 Å². The Hall–Kier alpha value is -0.770. The molecule has 2 atom stereocenters. The lowest BCUT2D eigenvalue weighted by Crippen LogP contribution is -2.32. The summed E-state index contributed by atoms with van der Waals surface area (Å²) in [5, 5.41) is 11.4. The Morgan fingerprint density at radius 1 is 1.50 bits per heavy atom. The first-order chi connectivity index (χ1) is 6.65. The standard InChI is InChI=1S/C10H22N2O2/c1-4-6-8(3)7-14-9(5-2)10(11)12-13/h8-9,13H,4-7H2,1-3H3,(H2,11,12). The van der Waals surface area contributed by atoms with Crippen LogP contribution >= 0.6 is 0 Å². The van der Waals surface area contributed by atoms with E-state index in [1.54, 1.807) is 0 Å². The molecule has 0 heterocycles. The molecule has 0 saturated heterocycles. The van der Waals surface area contributed by atoms with E-state index in [-0.39, 0.29) is 11.9 Å². The maximum atomic E-state index is 8.49. The molecular weight excluding hydrogens is 180 g/mol. The van der Waals surface area contributed by atoms with Crippen molar-refractivity contribution < 1.29 is 9.94 Å². The van der Waals surface area contributed by atoms with E-state index in [4.69, 9.17) is 15.7 Å². The minimum atomic E-state index is -0.251. The maximum Gasteiger partial charge on any atom is 0.168 e. The minimum absolute atomic E-state index is 0.163. The molecular formula is C10H22N2O2. The van der Waals surface area contributed by atoms with Gasteiger partial charge in [0.25, 0.3) is 0 Å². The highest BCUT2D eigenvalue weighted by molar-refractivity contribution is 5.84. The number of amidine groups is 1. The molecule has 4 nitrogen and oxygen atoms in total. The van der Waals surface area contributed by atoms with Crippen LogP contribution in [0.2, 0.25) is 0 Å². The second kappa shape index (κ2) is 7.62. The van der Waals surface area contributed by atoms with Crippen LogP contribution in [0.3, 0.4) is 0 Å². The summed E-state index contributed by atoms with van der Waals surface area (Å²) in [4.78, 5) is 0. The molecule has 0 amide bonds. The number of hydrogen-bond acceptors (Lipinski definition) is 3. The largest absolute Gasteiger partial charge is 0.409 e. The molecule has 84 valence electrons. The van der Waals surface area contributed by atoms with Crippen molar-refractivity contribution in [2.24, 2.45) is 16.8 Å². The third kappa shape index (κ3) is 5.07. The summed E-state index contributed by atoms with van der Waals surface area (Å²) >= 11 is 0. The number of nitrogens with zero attached hydrogens (tertiary/aromatic N) is 1. The summed E-state index contributed by atoms with van der Waals surface area (Å²) in [7, 11) is 0. The first-order valence-electron chi connectivity index (χ1n) is 5.24. The molecule has 2 unspecified atom stereocenters. The Kier molecular flexibility index (Phi) is 7.20. The smallest absolute Gasteiger partial charge is 0.168 e. The lowest BCUT2D eigenvalue weighted by Gasteiger charge is -2.17. The number of oxime groups is 1. The summed E-state index contributed by atoms with van der Waals surface area (Å²) in [6, 6.07) is 0. The van der Waals surface area contributed by atoms with Gasteiger partial charge in [-0.1, -0.05) is 32.3 Å². The van der Waals surface area contributed by atoms with Crippen LogP contribution in [0.4, 0.5) is 0 Å². The van der Waals surface area contributed by atoms with Crippen molar-refractivity contribution in [1.82, 2.24) is 0 Å². The Bertz CT molecular complexity index is 172. The fraction of sp³-hybridized carbons (Fsp3) is 0.900. The van der Waals surface area contributed by atoms with Crippen molar-refractivity contribution in [3.05, 3.63) is 0 Å². The second-order valence-corrected chi connectivity index (χ2v) is 3.65. The van der Waals surface area contributed by atoms with Crippen LogP contribution in [-0.2, 0) is 4.74 Å². The van der Waals surface area contributed by atoms with E-state index in [2.05, 4.69) is 19.0 Å². The molecule has 4 heteroatoms. The molecule has 0 spiro atoms. The topological polar surface area (TPSA) is 67.8 Å². The average molecular weight is 202 g/mol. The van der Waals surface area contributed by atoms with E-state index in [9.17, 15) is 0 Å². The summed E-state index contributed by atoms with van der Waals surface area (Å²) in [5.74, 6) is 0.691. The predicted molar refractivity (Wildman–Crippen MR) is 57.5 cm³/mol. The van der Waals surface area contributed by atoms with Gasteiger partial charge >= 0.3 is 0 Å². The van der Waals surface area contributed by atoms with Crippen LogP contribution in [0.1, 0.15) is 40.0 Å². The highest BCUT2D eigenvalue weighted by Crippen LogP contribution is 2.08. The number of hydrogen-bond donors (Lipinski definition) is 2. The fourth-order valence-electron chi connectivity index (χ4n) is 1.33. The molecule has 0 aliphatic carbocycles. The van der Waals surface area contributed by atoms with Crippen molar-refractivity contribution in [1.29, 1.82) is 0 Å². The van der Waals surface area contributed by atoms with Gasteiger partial charge in [-0.3, -0.25) is 0 Å². The zero-order chi connectivity index (χ0) is 11.0. The van der Waals surface area contributed by atoms with Crippen LogP contribution in [0.5, 0.6) is 0 Å². The molecule has 0 aromatic rings. The summed E-state index contributed by atoms with van der Waals surface area (Å²) in [6.45, 7) is 6.91. The number of ether oxygens (including phenoxy) is 1. The molecule has 0 aliphatic rings. The van der Waals surface area contributed by atoms with Gasteiger partial charge < -0.3 is 15.7 Å². The lowest BCUT2D eigenvalue weighted by atomic mass is 10.1. The van der Waals surface area contributed by atoms with Gasteiger partial charge in [0.1, 0.15) is 6.10 Å². The van der Waals surface area contributed by atoms with Gasteiger partial charge in [0.2, 0.25) is 0 Å². The van der Waals surface area contributed by atoms with Gasteiger partial charge in [-0.15, -0.1) is 0 Å². The number of nitrogens with two attached hydrogens (primary N) is 1. The summed E-state index contributed by atoms with van der Waals surface area (Å²) < 4.78 is 5.54. The van der Waals surface area contributed by atoms with Crippen LogP contribution in [-0.4, -0.2) is 23.8 Å². The third-order valence-electron chi connectivity index (χ3n) is 2.18. The quantitative estimate of drug-likeness (QED) is 0.287. The first-order valence-corrected chi connectivity index (χ1v) is 5.24. The monoisotopic (exact) mass is 202 g/mol. The molecule has 0 radical (unpaired) electrons. The van der Waals surface area contributed by atoms with E-state index in [0.29, 0.717) is 12.5 Å².